The predicted molar refractivity (Wildman–Crippen MR) is 110 cm³/mol. The number of rotatable bonds is 8. The monoisotopic (exact) mass is 379 g/mol. The van der Waals surface area contributed by atoms with Crippen LogP contribution in [-0.4, -0.2) is 68.5 Å². The number of hydrogen-bond acceptors (Lipinski definition) is 4. The topological polar surface area (TPSA) is 60.0 Å². The Kier molecular flexibility index (Phi) is 8.91. The molecule has 0 bridgehead atoms. The third-order valence-electron chi connectivity index (χ3n) is 4.70. The lowest BCUT2D eigenvalue weighted by atomic mass is 9.99. The summed E-state index contributed by atoms with van der Waals surface area (Å²) in [6.45, 7) is 7.65. The Labute approximate surface area is 161 Å². The van der Waals surface area contributed by atoms with Crippen molar-refractivity contribution in [3.05, 3.63) is 22.4 Å². The number of likely N-dealkylation sites (tertiary alicyclic amines) is 1. The maximum Gasteiger partial charge on any atom is 0.243 e. The van der Waals surface area contributed by atoms with E-state index in [2.05, 4.69) is 38.9 Å². The summed E-state index contributed by atoms with van der Waals surface area (Å²) >= 11 is 1.71. The van der Waals surface area contributed by atoms with Gasteiger partial charge < -0.3 is 20.4 Å². The highest BCUT2D eigenvalue weighted by molar-refractivity contribution is 7.09. The second-order valence-electron chi connectivity index (χ2n) is 7.19. The quantitative estimate of drug-likeness (QED) is 0.412. The van der Waals surface area contributed by atoms with Crippen LogP contribution in [0.15, 0.2) is 22.5 Å². The number of aliphatic imine (C=N–C) groups is 1. The number of carbonyl (C=O) groups is 1. The number of amides is 1. The maximum atomic E-state index is 11.8. The summed E-state index contributed by atoms with van der Waals surface area (Å²) in [5.41, 5.74) is 0. The van der Waals surface area contributed by atoms with E-state index in [1.54, 1.807) is 30.3 Å². The summed E-state index contributed by atoms with van der Waals surface area (Å²) in [5.74, 6) is 1.59. The molecule has 0 aliphatic carbocycles. The van der Waals surface area contributed by atoms with Crippen molar-refractivity contribution in [2.45, 2.75) is 32.7 Å². The fraction of sp³-hybridized carbons (Fsp3) is 0.684. The second kappa shape index (κ2) is 11.2. The fourth-order valence-electron chi connectivity index (χ4n) is 2.84. The van der Waals surface area contributed by atoms with Crippen molar-refractivity contribution in [2.24, 2.45) is 10.9 Å². The number of carbonyl (C=O) groups excluding carboxylic acids is 1. The molecule has 1 aliphatic heterocycles. The van der Waals surface area contributed by atoms with E-state index < -0.39 is 0 Å². The van der Waals surface area contributed by atoms with E-state index in [9.17, 15) is 4.79 Å². The van der Waals surface area contributed by atoms with Crippen molar-refractivity contribution in [3.63, 3.8) is 0 Å². The first kappa shape index (κ1) is 20.7. The minimum atomic E-state index is 0.00431. The van der Waals surface area contributed by atoms with Gasteiger partial charge in [0.05, 0.1) is 6.54 Å². The van der Waals surface area contributed by atoms with Crippen molar-refractivity contribution in [1.82, 2.24) is 20.4 Å². The lowest BCUT2D eigenvalue weighted by Gasteiger charge is -2.30. The van der Waals surface area contributed by atoms with Crippen molar-refractivity contribution in [1.29, 1.82) is 0 Å². The van der Waals surface area contributed by atoms with E-state index in [0.717, 1.165) is 32.0 Å². The van der Waals surface area contributed by atoms with E-state index in [1.807, 2.05) is 6.07 Å². The average molecular weight is 380 g/mol. The van der Waals surface area contributed by atoms with Crippen LogP contribution in [0.5, 0.6) is 0 Å². The molecule has 0 atom stereocenters. The van der Waals surface area contributed by atoms with Crippen LogP contribution < -0.4 is 10.6 Å². The van der Waals surface area contributed by atoms with Crippen LogP contribution in [-0.2, 0) is 11.3 Å². The molecule has 0 aromatic carbocycles. The minimum absolute atomic E-state index is 0.00431. The van der Waals surface area contributed by atoms with Crippen molar-refractivity contribution in [3.8, 4) is 0 Å². The van der Waals surface area contributed by atoms with Crippen LogP contribution in [0.3, 0.4) is 0 Å². The number of guanidine groups is 1. The molecular formula is C19H33N5OS. The number of hydrogen-bond donors (Lipinski definition) is 2. The first-order chi connectivity index (χ1) is 12.5. The number of thiophene rings is 1. The lowest BCUT2D eigenvalue weighted by molar-refractivity contribution is -0.127. The molecule has 1 fully saturated rings. The highest BCUT2D eigenvalue weighted by Gasteiger charge is 2.14. The largest absolute Gasteiger partial charge is 0.356 e. The number of piperidine rings is 1. The van der Waals surface area contributed by atoms with Crippen molar-refractivity contribution < 1.29 is 4.79 Å². The molecule has 0 unspecified atom stereocenters. The minimum Gasteiger partial charge on any atom is -0.356 e. The first-order valence-electron chi connectivity index (χ1n) is 9.51. The van der Waals surface area contributed by atoms with Gasteiger partial charge in [-0.25, -0.2) is 4.99 Å². The number of nitrogens with zero attached hydrogens (tertiary/aromatic N) is 3. The molecule has 2 rings (SSSR count). The first-order valence-corrected chi connectivity index (χ1v) is 10.4. The zero-order valence-electron chi connectivity index (χ0n) is 16.3. The summed E-state index contributed by atoms with van der Waals surface area (Å²) in [7, 11) is 3.51. The summed E-state index contributed by atoms with van der Waals surface area (Å²) in [5, 5.41) is 8.76. The van der Waals surface area contributed by atoms with Gasteiger partial charge in [0.25, 0.3) is 0 Å². The molecule has 1 aromatic rings. The normalized spacial score (nSPS) is 16.5. The van der Waals surface area contributed by atoms with Crippen LogP contribution in [0.2, 0.25) is 0 Å². The smallest absolute Gasteiger partial charge is 0.243 e. The molecule has 1 amide bonds. The summed E-state index contributed by atoms with van der Waals surface area (Å²) in [6, 6.07) is 4.14. The molecule has 7 heteroatoms. The molecule has 2 N–H and O–H groups in total. The van der Waals surface area contributed by atoms with Gasteiger partial charge in [0, 0.05) is 25.5 Å². The maximum absolute atomic E-state index is 11.8. The summed E-state index contributed by atoms with van der Waals surface area (Å²) in [4.78, 5) is 21.6. The Morgan fingerprint density at radius 3 is 2.77 bits per heavy atom. The van der Waals surface area contributed by atoms with Gasteiger partial charge in [0.15, 0.2) is 5.96 Å². The molecule has 146 valence electrons. The SMILES string of the molecule is CC1CCN(CCCNC(=NCC(=O)N(C)C)NCc2cccs2)CC1. The Hall–Kier alpha value is -1.60. The molecule has 1 aromatic heterocycles. The molecule has 26 heavy (non-hydrogen) atoms. The Morgan fingerprint density at radius 1 is 1.35 bits per heavy atom. The van der Waals surface area contributed by atoms with Crippen LogP contribution >= 0.6 is 11.3 Å². The van der Waals surface area contributed by atoms with Crippen LogP contribution in [0.1, 0.15) is 31.1 Å². The molecular weight excluding hydrogens is 346 g/mol. The van der Waals surface area contributed by atoms with Crippen LogP contribution in [0.25, 0.3) is 0 Å². The van der Waals surface area contributed by atoms with Crippen LogP contribution in [0, 0.1) is 5.92 Å². The fourth-order valence-corrected chi connectivity index (χ4v) is 3.49. The van der Waals surface area contributed by atoms with Crippen molar-refractivity contribution >= 4 is 23.2 Å². The van der Waals surface area contributed by atoms with Gasteiger partial charge in [0.1, 0.15) is 6.54 Å². The van der Waals surface area contributed by atoms with E-state index in [0.29, 0.717) is 5.96 Å². The Balaban J connectivity index is 1.74. The van der Waals surface area contributed by atoms with Gasteiger partial charge in [-0.3, -0.25) is 4.79 Å². The van der Waals surface area contributed by atoms with Gasteiger partial charge in [-0.2, -0.15) is 0 Å². The highest BCUT2D eigenvalue weighted by Crippen LogP contribution is 2.15. The molecule has 1 saturated heterocycles. The molecule has 1 aliphatic rings. The molecule has 0 spiro atoms. The van der Waals surface area contributed by atoms with Gasteiger partial charge in [-0.1, -0.05) is 13.0 Å². The van der Waals surface area contributed by atoms with Crippen molar-refractivity contribution in [2.75, 3.05) is 46.8 Å². The Bertz CT molecular complexity index is 550. The average Bonchev–Trinajstić information content (AvgIpc) is 3.15. The molecule has 6 nitrogen and oxygen atoms in total. The molecule has 0 saturated carbocycles. The van der Waals surface area contributed by atoms with E-state index >= 15 is 0 Å². The molecule has 0 radical (unpaired) electrons. The highest BCUT2D eigenvalue weighted by atomic mass is 32.1. The van der Waals surface area contributed by atoms with Crippen LogP contribution in [0.4, 0.5) is 0 Å². The zero-order chi connectivity index (χ0) is 18.8. The summed E-state index contributed by atoms with van der Waals surface area (Å²) in [6.07, 6.45) is 3.71. The standard InChI is InChI=1S/C19H33N5OS/c1-16-7-11-24(12-8-16)10-5-9-20-19(22-15-18(25)23(2)3)21-14-17-6-4-13-26-17/h4,6,13,16H,5,7-12,14-15H2,1-3H3,(H2,20,21,22). The number of likely N-dealkylation sites (N-methyl/N-ethyl adjacent to an activating group) is 1. The lowest BCUT2D eigenvalue weighted by Crippen LogP contribution is -2.40. The van der Waals surface area contributed by atoms with Gasteiger partial charge in [0.2, 0.25) is 5.91 Å². The van der Waals surface area contributed by atoms with E-state index in [1.165, 1.54) is 30.8 Å². The van der Waals surface area contributed by atoms with E-state index in [-0.39, 0.29) is 12.5 Å². The third-order valence-corrected chi connectivity index (χ3v) is 5.58. The van der Waals surface area contributed by atoms with Gasteiger partial charge in [-0.05, 0) is 56.3 Å². The third kappa shape index (κ3) is 7.74. The summed E-state index contributed by atoms with van der Waals surface area (Å²) < 4.78 is 0. The van der Waals surface area contributed by atoms with Gasteiger partial charge in [-0.15, -0.1) is 11.3 Å². The second-order valence-corrected chi connectivity index (χ2v) is 8.22. The number of nitrogens with one attached hydrogen (secondary N) is 2. The molecule has 2 heterocycles. The predicted octanol–water partition coefficient (Wildman–Crippen LogP) is 1.99. The zero-order valence-corrected chi connectivity index (χ0v) is 17.1. The van der Waals surface area contributed by atoms with E-state index in [4.69, 9.17) is 0 Å². The van der Waals surface area contributed by atoms with Gasteiger partial charge >= 0.3 is 0 Å². The Morgan fingerprint density at radius 2 is 2.12 bits per heavy atom.